The zero-order chi connectivity index (χ0) is 14.3. The number of rotatable bonds is 7. The number of methoxy groups -OCH3 is 1. The number of hydrogen-bond donors (Lipinski definition) is 1. The summed E-state index contributed by atoms with van der Waals surface area (Å²) in [6.45, 7) is 1.38. The number of likely N-dealkylation sites (N-methyl/N-ethyl adjacent to an activating group) is 1. The van der Waals surface area contributed by atoms with Crippen molar-refractivity contribution in [3.8, 4) is 0 Å². The monoisotopic (exact) mass is 267 g/mol. The molecule has 0 aromatic heterocycles. The first-order valence-electron chi connectivity index (χ1n) is 5.74. The van der Waals surface area contributed by atoms with E-state index < -0.39 is 4.92 Å². The van der Waals surface area contributed by atoms with Gasteiger partial charge in [0.05, 0.1) is 18.1 Å². The molecule has 0 bridgehead atoms. The Hall–Kier alpha value is -1.99. The van der Waals surface area contributed by atoms with E-state index in [1.807, 2.05) is 0 Å². The van der Waals surface area contributed by atoms with Crippen LogP contribution in [0, 0.1) is 10.1 Å². The molecule has 0 aliphatic carbocycles. The Morgan fingerprint density at radius 2 is 2.26 bits per heavy atom. The van der Waals surface area contributed by atoms with Crippen molar-refractivity contribution < 1.29 is 14.5 Å². The Morgan fingerprint density at radius 1 is 1.53 bits per heavy atom. The largest absolute Gasteiger partial charge is 0.383 e. The Balaban J connectivity index is 2.52. The molecule has 104 valence electrons. The summed E-state index contributed by atoms with van der Waals surface area (Å²) in [6.07, 6.45) is 0. The highest BCUT2D eigenvalue weighted by atomic mass is 16.6. The molecule has 0 aliphatic heterocycles. The van der Waals surface area contributed by atoms with Crippen LogP contribution in [0.15, 0.2) is 24.3 Å². The smallest absolute Gasteiger partial charge is 0.271 e. The van der Waals surface area contributed by atoms with Crippen LogP contribution in [0.3, 0.4) is 0 Å². The van der Waals surface area contributed by atoms with Crippen LogP contribution < -0.4 is 5.32 Å². The first-order chi connectivity index (χ1) is 9.02. The molecule has 7 heteroatoms. The van der Waals surface area contributed by atoms with E-state index in [2.05, 4.69) is 5.32 Å². The number of non-ortho nitro benzene ring substituents is 1. The number of anilines is 1. The van der Waals surface area contributed by atoms with E-state index in [1.165, 1.54) is 18.2 Å². The summed E-state index contributed by atoms with van der Waals surface area (Å²) in [5.41, 5.74) is 0.366. The van der Waals surface area contributed by atoms with Gasteiger partial charge in [-0.05, 0) is 13.1 Å². The first-order valence-corrected chi connectivity index (χ1v) is 5.74. The van der Waals surface area contributed by atoms with Crippen molar-refractivity contribution in [1.29, 1.82) is 0 Å². The minimum Gasteiger partial charge on any atom is -0.383 e. The number of carbonyl (C=O) groups is 1. The quantitative estimate of drug-likeness (QED) is 0.591. The number of benzene rings is 1. The molecule has 0 heterocycles. The van der Waals surface area contributed by atoms with Gasteiger partial charge in [-0.3, -0.25) is 19.8 Å². The number of nitrogens with zero attached hydrogens (tertiary/aromatic N) is 2. The number of nitrogens with one attached hydrogen (secondary N) is 1. The number of carbonyl (C=O) groups excluding carboxylic acids is 1. The fraction of sp³-hybridized carbons (Fsp3) is 0.417. The molecule has 0 radical (unpaired) electrons. The van der Waals surface area contributed by atoms with Crippen LogP contribution in [0.5, 0.6) is 0 Å². The highest BCUT2D eigenvalue weighted by molar-refractivity contribution is 5.92. The van der Waals surface area contributed by atoms with Gasteiger partial charge in [0.15, 0.2) is 0 Å². The van der Waals surface area contributed by atoms with E-state index in [-0.39, 0.29) is 18.1 Å². The average molecular weight is 267 g/mol. The molecule has 0 unspecified atom stereocenters. The molecule has 7 nitrogen and oxygen atoms in total. The van der Waals surface area contributed by atoms with Gasteiger partial charge in [-0.25, -0.2) is 0 Å². The van der Waals surface area contributed by atoms with Crippen LogP contribution in [0.25, 0.3) is 0 Å². The number of ether oxygens (including phenoxy) is 1. The number of amides is 1. The van der Waals surface area contributed by atoms with Crippen LogP contribution in [0.1, 0.15) is 0 Å². The summed E-state index contributed by atoms with van der Waals surface area (Å²) in [7, 11) is 3.39. The molecule has 1 aromatic carbocycles. The van der Waals surface area contributed by atoms with Crippen LogP contribution in [0.2, 0.25) is 0 Å². The van der Waals surface area contributed by atoms with Gasteiger partial charge < -0.3 is 10.1 Å². The van der Waals surface area contributed by atoms with Crippen molar-refractivity contribution in [3.63, 3.8) is 0 Å². The summed E-state index contributed by atoms with van der Waals surface area (Å²) in [5, 5.41) is 13.2. The molecule has 0 saturated carbocycles. The molecule has 0 saturated heterocycles. The SMILES string of the molecule is COCCN(C)CC(=O)Nc1cccc([N+](=O)[O-])c1. The summed E-state index contributed by atoms with van der Waals surface area (Å²) in [4.78, 5) is 23.6. The summed E-state index contributed by atoms with van der Waals surface area (Å²) >= 11 is 0. The van der Waals surface area contributed by atoms with Gasteiger partial charge in [-0.2, -0.15) is 0 Å². The third-order valence-corrected chi connectivity index (χ3v) is 2.43. The average Bonchev–Trinajstić information content (AvgIpc) is 2.36. The summed E-state index contributed by atoms with van der Waals surface area (Å²) in [6, 6.07) is 5.84. The van der Waals surface area contributed by atoms with E-state index in [0.29, 0.717) is 18.8 Å². The lowest BCUT2D eigenvalue weighted by Gasteiger charge is -2.15. The standard InChI is InChI=1S/C12H17N3O4/c1-14(6-7-19-2)9-12(16)13-10-4-3-5-11(8-10)15(17)18/h3-5,8H,6-7,9H2,1-2H3,(H,13,16). The number of nitro groups is 1. The lowest BCUT2D eigenvalue weighted by Crippen LogP contribution is -2.32. The molecule has 0 spiro atoms. The molecule has 1 aromatic rings. The minimum atomic E-state index is -0.500. The van der Waals surface area contributed by atoms with Gasteiger partial charge in [-0.15, -0.1) is 0 Å². The van der Waals surface area contributed by atoms with Gasteiger partial charge in [0.2, 0.25) is 5.91 Å². The third kappa shape index (κ3) is 5.45. The second kappa shape index (κ2) is 7.45. The molecule has 0 fully saturated rings. The van der Waals surface area contributed by atoms with Crippen molar-refractivity contribution in [2.24, 2.45) is 0 Å². The van der Waals surface area contributed by atoms with Gasteiger partial charge in [0.1, 0.15) is 0 Å². The predicted molar refractivity (Wildman–Crippen MR) is 71.1 cm³/mol. The molecule has 0 aliphatic rings. The number of hydrogen-bond acceptors (Lipinski definition) is 5. The predicted octanol–water partition coefficient (Wildman–Crippen LogP) is 1.11. The van der Waals surface area contributed by atoms with Crippen molar-refractivity contribution >= 4 is 17.3 Å². The van der Waals surface area contributed by atoms with Crippen LogP contribution in [-0.2, 0) is 9.53 Å². The van der Waals surface area contributed by atoms with E-state index in [9.17, 15) is 14.9 Å². The lowest BCUT2D eigenvalue weighted by molar-refractivity contribution is -0.384. The zero-order valence-electron chi connectivity index (χ0n) is 11.0. The van der Waals surface area contributed by atoms with Crippen LogP contribution in [-0.4, -0.2) is 49.6 Å². The van der Waals surface area contributed by atoms with Gasteiger partial charge in [-0.1, -0.05) is 6.07 Å². The molecule has 1 amide bonds. The van der Waals surface area contributed by atoms with Crippen LogP contribution >= 0.6 is 0 Å². The van der Waals surface area contributed by atoms with Crippen molar-refractivity contribution in [2.45, 2.75) is 0 Å². The van der Waals surface area contributed by atoms with Crippen molar-refractivity contribution in [2.75, 3.05) is 39.2 Å². The van der Waals surface area contributed by atoms with Gasteiger partial charge >= 0.3 is 0 Å². The van der Waals surface area contributed by atoms with E-state index in [1.54, 1.807) is 25.1 Å². The Morgan fingerprint density at radius 3 is 2.89 bits per heavy atom. The topological polar surface area (TPSA) is 84.7 Å². The van der Waals surface area contributed by atoms with E-state index in [4.69, 9.17) is 4.74 Å². The highest BCUT2D eigenvalue weighted by Gasteiger charge is 2.09. The van der Waals surface area contributed by atoms with Crippen LogP contribution in [0.4, 0.5) is 11.4 Å². The third-order valence-electron chi connectivity index (χ3n) is 2.43. The number of nitro benzene ring substituents is 1. The zero-order valence-corrected chi connectivity index (χ0v) is 11.0. The fourth-order valence-electron chi connectivity index (χ4n) is 1.47. The van der Waals surface area contributed by atoms with Gasteiger partial charge in [0, 0.05) is 31.5 Å². The maximum Gasteiger partial charge on any atom is 0.271 e. The maximum atomic E-state index is 11.7. The van der Waals surface area contributed by atoms with Gasteiger partial charge in [0.25, 0.3) is 5.69 Å². The molecular weight excluding hydrogens is 250 g/mol. The Labute approximate surface area is 111 Å². The van der Waals surface area contributed by atoms with Crippen molar-refractivity contribution in [1.82, 2.24) is 4.90 Å². The Kier molecular flexibility index (Phi) is 5.91. The minimum absolute atomic E-state index is 0.0504. The molecule has 19 heavy (non-hydrogen) atoms. The second-order valence-electron chi connectivity index (χ2n) is 4.09. The summed E-state index contributed by atoms with van der Waals surface area (Å²) < 4.78 is 4.91. The van der Waals surface area contributed by atoms with Crippen molar-refractivity contribution in [3.05, 3.63) is 34.4 Å². The molecule has 1 N–H and O–H groups in total. The Bertz CT molecular complexity index is 450. The fourth-order valence-corrected chi connectivity index (χ4v) is 1.47. The van der Waals surface area contributed by atoms with E-state index >= 15 is 0 Å². The lowest BCUT2D eigenvalue weighted by atomic mass is 10.3. The molecule has 0 atom stereocenters. The second-order valence-corrected chi connectivity index (χ2v) is 4.09. The normalized spacial score (nSPS) is 10.5. The molecular formula is C12H17N3O4. The summed E-state index contributed by atoms with van der Waals surface area (Å²) in [5.74, 6) is -0.223. The first kappa shape index (κ1) is 15.1. The molecule has 1 rings (SSSR count). The maximum absolute atomic E-state index is 11.7. The highest BCUT2D eigenvalue weighted by Crippen LogP contribution is 2.16. The van der Waals surface area contributed by atoms with E-state index in [0.717, 1.165) is 0 Å².